The summed E-state index contributed by atoms with van der Waals surface area (Å²) in [7, 11) is 0. The molecular formula is C19H17ClF3N5O3. The van der Waals surface area contributed by atoms with Crippen molar-refractivity contribution in [3.63, 3.8) is 0 Å². The molecule has 1 atom stereocenters. The standard InChI is InChI=1S/C19H17ClF3N5O3/c1-9-13-4-10(20)2-3-14(13)31-15(9)16(19(21,22)23)27-18(30)26-11-5-24-17(25-6-11)28-7-12(29)8-28/h2-6,12,16,29H,7-8H2,1H3,(H2,26,27,30). The van der Waals surface area contributed by atoms with Crippen molar-refractivity contribution in [3.8, 4) is 0 Å². The van der Waals surface area contributed by atoms with Crippen molar-refractivity contribution in [2.75, 3.05) is 23.3 Å². The molecule has 0 saturated carbocycles. The third kappa shape index (κ3) is 4.37. The topological polar surface area (TPSA) is 104 Å². The second-order valence-corrected chi connectivity index (χ2v) is 7.57. The Kier molecular flexibility index (Phi) is 5.40. The number of aliphatic hydroxyl groups is 1. The number of halogens is 4. The number of furan rings is 1. The zero-order valence-corrected chi connectivity index (χ0v) is 16.8. The lowest BCUT2D eigenvalue weighted by atomic mass is 10.1. The molecular weight excluding hydrogens is 439 g/mol. The van der Waals surface area contributed by atoms with E-state index in [-0.39, 0.29) is 16.8 Å². The molecule has 2 aromatic heterocycles. The summed E-state index contributed by atoms with van der Waals surface area (Å²) in [6.07, 6.45) is -2.71. The number of nitrogens with one attached hydrogen (secondary N) is 2. The van der Waals surface area contributed by atoms with E-state index in [2.05, 4.69) is 15.3 Å². The summed E-state index contributed by atoms with van der Waals surface area (Å²) in [4.78, 5) is 22.0. The van der Waals surface area contributed by atoms with E-state index in [4.69, 9.17) is 16.0 Å². The number of carbonyl (C=O) groups is 1. The van der Waals surface area contributed by atoms with Gasteiger partial charge in [0, 0.05) is 29.1 Å². The molecule has 1 fully saturated rings. The number of β-amino-alcohol motifs (C(OH)–C–C–N with tert-alkyl or cyclic N) is 1. The Hall–Kier alpha value is -3.05. The summed E-state index contributed by atoms with van der Waals surface area (Å²) in [5.74, 6) is -0.0798. The summed E-state index contributed by atoms with van der Waals surface area (Å²) in [6, 6.07) is 1.00. The number of aromatic nitrogens is 2. The van der Waals surface area contributed by atoms with E-state index in [1.807, 2.05) is 5.32 Å². The molecule has 0 spiro atoms. The SMILES string of the molecule is Cc1c(C(NC(=O)Nc2cnc(N3CC(O)C3)nc2)C(F)(F)F)oc2ccc(Cl)cc12. The molecule has 0 aliphatic carbocycles. The predicted molar refractivity (Wildman–Crippen MR) is 107 cm³/mol. The quantitative estimate of drug-likeness (QED) is 0.553. The largest absolute Gasteiger partial charge is 0.458 e. The number of alkyl halides is 3. The van der Waals surface area contributed by atoms with Crippen LogP contribution in [-0.4, -0.2) is 46.5 Å². The van der Waals surface area contributed by atoms with Crippen molar-refractivity contribution in [2.45, 2.75) is 25.2 Å². The maximum absolute atomic E-state index is 13.7. The van der Waals surface area contributed by atoms with E-state index in [1.54, 1.807) is 4.90 Å². The van der Waals surface area contributed by atoms with Crippen LogP contribution in [0.1, 0.15) is 17.4 Å². The van der Waals surface area contributed by atoms with E-state index in [0.29, 0.717) is 29.4 Å². The molecule has 8 nitrogen and oxygen atoms in total. The monoisotopic (exact) mass is 455 g/mol. The van der Waals surface area contributed by atoms with Crippen LogP contribution >= 0.6 is 11.6 Å². The fourth-order valence-corrected chi connectivity index (χ4v) is 3.42. The van der Waals surface area contributed by atoms with Gasteiger partial charge < -0.3 is 25.1 Å². The molecule has 31 heavy (non-hydrogen) atoms. The van der Waals surface area contributed by atoms with Crippen LogP contribution in [0.5, 0.6) is 0 Å². The van der Waals surface area contributed by atoms with Gasteiger partial charge in [0.25, 0.3) is 0 Å². The minimum Gasteiger partial charge on any atom is -0.458 e. The Morgan fingerprint density at radius 1 is 1.32 bits per heavy atom. The zero-order valence-electron chi connectivity index (χ0n) is 16.1. The van der Waals surface area contributed by atoms with Gasteiger partial charge in [-0.1, -0.05) is 11.6 Å². The van der Waals surface area contributed by atoms with Gasteiger partial charge >= 0.3 is 12.2 Å². The van der Waals surface area contributed by atoms with E-state index < -0.39 is 30.1 Å². The van der Waals surface area contributed by atoms with Crippen molar-refractivity contribution in [3.05, 3.63) is 46.9 Å². The van der Waals surface area contributed by atoms with Crippen molar-refractivity contribution >= 4 is 40.2 Å². The summed E-state index contributed by atoms with van der Waals surface area (Å²) in [5, 5.41) is 14.3. The number of carbonyl (C=O) groups excluding carboxylic acids is 1. The molecule has 1 aliphatic heterocycles. The molecule has 0 bridgehead atoms. The molecule has 1 unspecified atom stereocenters. The first kappa shape index (κ1) is 21.2. The van der Waals surface area contributed by atoms with Gasteiger partial charge in [0.15, 0.2) is 6.04 Å². The summed E-state index contributed by atoms with van der Waals surface area (Å²) < 4.78 is 46.6. The van der Waals surface area contributed by atoms with Crippen LogP contribution in [-0.2, 0) is 0 Å². The van der Waals surface area contributed by atoms with Gasteiger partial charge in [-0.3, -0.25) is 0 Å². The summed E-state index contributed by atoms with van der Waals surface area (Å²) >= 11 is 5.92. The first-order valence-electron chi connectivity index (χ1n) is 9.19. The van der Waals surface area contributed by atoms with Gasteiger partial charge in [-0.15, -0.1) is 0 Å². The van der Waals surface area contributed by atoms with Crippen molar-refractivity contribution in [1.29, 1.82) is 0 Å². The van der Waals surface area contributed by atoms with Gasteiger partial charge in [0.05, 0.1) is 24.2 Å². The number of amides is 2. The van der Waals surface area contributed by atoms with Gasteiger partial charge in [0.2, 0.25) is 5.95 Å². The number of rotatable bonds is 4. The van der Waals surface area contributed by atoms with Crippen LogP contribution in [0.4, 0.5) is 29.6 Å². The molecule has 1 saturated heterocycles. The normalized spacial score (nSPS) is 15.6. The number of hydrogen-bond donors (Lipinski definition) is 3. The smallest absolute Gasteiger partial charge is 0.416 e. The van der Waals surface area contributed by atoms with E-state index >= 15 is 0 Å². The highest BCUT2D eigenvalue weighted by Gasteiger charge is 2.45. The average molecular weight is 456 g/mol. The summed E-state index contributed by atoms with van der Waals surface area (Å²) in [6.45, 7) is 2.25. The van der Waals surface area contributed by atoms with Gasteiger partial charge in [0.1, 0.15) is 11.3 Å². The van der Waals surface area contributed by atoms with Gasteiger partial charge in [-0.2, -0.15) is 13.2 Å². The maximum atomic E-state index is 13.7. The van der Waals surface area contributed by atoms with Gasteiger partial charge in [-0.25, -0.2) is 14.8 Å². The van der Waals surface area contributed by atoms with E-state index in [0.717, 1.165) is 0 Å². The number of nitrogens with zero attached hydrogens (tertiary/aromatic N) is 3. The molecule has 1 aromatic carbocycles. The van der Waals surface area contributed by atoms with Crippen LogP contribution in [0.3, 0.4) is 0 Å². The van der Waals surface area contributed by atoms with E-state index in [1.165, 1.54) is 37.5 Å². The fraction of sp³-hybridized carbons (Fsp3) is 0.316. The van der Waals surface area contributed by atoms with Crippen molar-refractivity contribution in [1.82, 2.24) is 15.3 Å². The molecule has 164 valence electrons. The highest BCUT2D eigenvalue weighted by atomic mass is 35.5. The Balaban J connectivity index is 1.51. The molecule has 2 amide bonds. The molecule has 3 N–H and O–H groups in total. The van der Waals surface area contributed by atoms with Crippen LogP contribution in [0.25, 0.3) is 11.0 Å². The first-order chi connectivity index (χ1) is 14.6. The van der Waals surface area contributed by atoms with Crippen molar-refractivity contribution < 1.29 is 27.5 Å². The summed E-state index contributed by atoms with van der Waals surface area (Å²) in [5.41, 5.74) is 0.564. The lowest BCUT2D eigenvalue weighted by Crippen LogP contribution is -2.51. The number of urea groups is 1. The third-order valence-electron chi connectivity index (χ3n) is 4.84. The average Bonchev–Trinajstić information content (AvgIpc) is 2.99. The van der Waals surface area contributed by atoms with Crippen LogP contribution in [0.2, 0.25) is 5.02 Å². The lowest BCUT2D eigenvalue weighted by Gasteiger charge is -2.35. The predicted octanol–water partition coefficient (Wildman–Crippen LogP) is 3.79. The maximum Gasteiger partial charge on any atom is 0.416 e. The number of aryl methyl sites for hydroxylation is 1. The Morgan fingerprint density at radius 2 is 2.00 bits per heavy atom. The Bertz CT molecular complexity index is 1110. The van der Waals surface area contributed by atoms with Crippen LogP contribution < -0.4 is 15.5 Å². The minimum absolute atomic E-state index is 0.108. The Labute approximate surface area is 179 Å². The zero-order chi connectivity index (χ0) is 22.3. The lowest BCUT2D eigenvalue weighted by molar-refractivity contribution is -0.158. The molecule has 4 rings (SSSR count). The van der Waals surface area contributed by atoms with Gasteiger partial charge in [-0.05, 0) is 25.1 Å². The minimum atomic E-state index is -4.81. The number of fused-ring (bicyclic) bond motifs is 1. The van der Waals surface area contributed by atoms with Crippen LogP contribution in [0.15, 0.2) is 35.0 Å². The molecule has 3 aromatic rings. The van der Waals surface area contributed by atoms with Crippen molar-refractivity contribution in [2.24, 2.45) is 0 Å². The van der Waals surface area contributed by atoms with Crippen LogP contribution in [0, 0.1) is 6.92 Å². The molecule has 0 radical (unpaired) electrons. The second kappa shape index (κ2) is 7.89. The highest BCUT2D eigenvalue weighted by molar-refractivity contribution is 6.31. The number of hydrogen-bond acceptors (Lipinski definition) is 6. The number of anilines is 2. The fourth-order valence-electron chi connectivity index (χ4n) is 3.25. The van der Waals surface area contributed by atoms with E-state index in [9.17, 15) is 23.1 Å². The third-order valence-corrected chi connectivity index (χ3v) is 5.08. The number of benzene rings is 1. The number of aliphatic hydroxyl groups excluding tert-OH is 1. The Morgan fingerprint density at radius 3 is 2.61 bits per heavy atom. The molecule has 3 heterocycles. The highest BCUT2D eigenvalue weighted by Crippen LogP contribution is 2.39. The molecule has 1 aliphatic rings. The first-order valence-corrected chi connectivity index (χ1v) is 9.57. The second-order valence-electron chi connectivity index (χ2n) is 7.14. The molecule has 12 heteroatoms.